The van der Waals surface area contributed by atoms with Gasteiger partial charge in [0.2, 0.25) is 0 Å². The van der Waals surface area contributed by atoms with Crippen molar-refractivity contribution in [1.29, 1.82) is 0 Å². The van der Waals surface area contributed by atoms with Crippen LogP contribution in [-0.2, 0) is 0 Å². The van der Waals surface area contributed by atoms with Crippen molar-refractivity contribution < 1.29 is 5.11 Å². The smallest absolute Gasteiger partial charge is 0.108 e. The lowest BCUT2D eigenvalue weighted by molar-refractivity contribution is 0.0208. The van der Waals surface area contributed by atoms with E-state index in [4.69, 9.17) is 0 Å². The van der Waals surface area contributed by atoms with Crippen molar-refractivity contribution in [2.45, 2.75) is 53.8 Å². The monoisotopic (exact) mass is 187 g/mol. The van der Waals surface area contributed by atoms with E-state index in [0.29, 0.717) is 23.8 Å². The average molecular weight is 187 g/mol. The molecule has 2 heteroatoms. The molecule has 0 saturated heterocycles. The summed E-state index contributed by atoms with van der Waals surface area (Å²) in [4.78, 5) is 0. The molecule has 0 aromatic rings. The summed E-state index contributed by atoms with van der Waals surface area (Å²) in [5, 5.41) is 13.1. The minimum absolute atomic E-state index is 0.336. The molecule has 0 rings (SSSR count). The van der Waals surface area contributed by atoms with Gasteiger partial charge >= 0.3 is 0 Å². The molecular formula is C11H25NO. The van der Waals surface area contributed by atoms with Gasteiger partial charge in [-0.1, -0.05) is 27.7 Å². The van der Waals surface area contributed by atoms with E-state index in [0.717, 1.165) is 0 Å². The van der Waals surface area contributed by atoms with E-state index in [9.17, 15) is 5.11 Å². The minimum Gasteiger partial charge on any atom is -0.378 e. The molecule has 0 aliphatic carbocycles. The summed E-state index contributed by atoms with van der Waals surface area (Å²) in [5.74, 6) is 1.37. The summed E-state index contributed by atoms with van der Waals surface area (Å²) in [6, 6.07) is 0.343. The first-order chi connectivity index (χ1) is 5.86. The summed E-state index contributed by atoms with van der Waals surface area (Å²) in [7, 11) is 0. The van der Waals surface area contributed by atoms with Gasteiger partial charge in [-0.15, -0.1) is 0 Å². The van der Waals surface area contributed by atoms with Crippen molar-refractivity contribution in [2.24, 2.45) is 17.8 Å². The third-order valence-corrected chi connectivity index (χ3v) is 2.41. The predicted octanol–water partition coefficient (Wildman–Crippen LogP) is 2.23. The number of hydrogen-bond donors (Lipinski definition) is 2. The number of hydrogen-bond acceptors (Lipinski definition) is 2. The lowest BCUT2D eigenvalue weighted by Gasteiger charge is -2.31. The zero-order valence-electron chi connectivity index (χ0n) is 9.83. The maximum atomic E-state index is 9.91. The van der Waals surface area contributed by atoms with Crippen LogP contribution in [0.4, 0.5) is 0 Å². The molecule has 2 nitrogen and oxygen atoms in total. The van der Waals surface area contributed by atoms with E-state index in [1.807, 2.05) is 0 Å². The Morgan fingerprint density at radius 1 is 0.846 bits per heavy atom. The normalized spacial score (nSPS) is 15.0. The second-order valence-electron chi connectivity index (χ2n) is 4.83. The van der Waals surface area contributed by atoms with Gasteiger partial charge in [0, 0.05) is 12.0 Å². The van der Waals surface area contributed by atoms with Crippen LogP contribution in [0.1, 0.15) is 41.5 Å². The lowest BCUT2D eigenvalue weighted by atomic mass is 9.84. The van der Waals surface area contributed by atoms with Gasteiger partial charge in [-0.3, -0.25) is 5.32 Å². The molecule has 13 heavy (non-hydrogen) atoms. The first-order valence-electron chi connectivity index (χ1n) is 5.30. The topological polar surface area (TPSA) is 32.3 Å². The summed E-state index contributed by atoms with van der Waals surface area (Å²) in [5.41, 5.74) is 0. The Bertz CT molecular complexity index is 124. The third kappa shape index (κ3) is 4.63. The zero-order chi connectivity index (χ0) is 10.6. The third-order valence-electron chi connectivity index (χ3n) is 2.41. The first-order valence-corrected chi connectivity index (χ1v) is 5.30. The van der Waals surface area contributed by atoms with Crippen molar-refractivity contribution in [1.82, 2.24) is 5.32 Å². The molecule has 80 valence electrons. The molecule has 0 radical (unpaired) electrons. The van der Waals surface area contributed by atoms with Crippen LogP contribution in [0.5, 0.6) is 0 Å². The van der Waals surface area contributed by atoms with Crippen molar-refractivity contribution in [2.75, 3.05) is 0 Å². The Balaban J connectivity index is 4.20. The minimum atomic E-state index is -0.375. The average Bonchev–Trinajstić information content (AvgIpc) is 1.81. The molecule has 0 aromatic heterocycles. The van der Waals surface area contributed by atoms with Crippen LogP contribution in [0.15, 0.2) is 0 Å². The molecule has 0 fully saturated rings. The van der Waals surface area contributed by atoms with E-state index >= 15 is 0 Å². The molecule has 0 amide bonds. The highest BCUT2D eigenvalue weighted by Gasteiger charge is 2.25. The van der Waals surface area contributed by atoms with E-state index in [1.165, 1.54) is 0 Å². The molecule has 0 aliphatic heterocycles. The summed E-state index contributed by atoms with van der Waals surface area (Å²) < 4.78 is 0. The Hall–Kier alpha value is -0.0800. The molecule has 0 spiro atoms. The Kier molecular flexibility index (Phi) is 5.57. The van der Waals surface area contributed by atoms with Crippen molar-refractivity contribution >= 4 is 0 Å². The molecule has 1 unspecified atom stereocenters. The van der Waals surface area contributed by atoms with Crippen molar-refractivity contribution in [3.8, 4) is 0 Å². The van der Waals surface area contributed by atoms with Gasteiger partial charge < -0.3 is 5.11 Å². The van der Waals surface area contributed by atoms with E-state index in [1.54, 1.807) is 0 Å². The maximum Gasteiger partial charge on any atom is 0.108 e. The number of rotatable bonds is 5. The van der Waals surface area contributed by atoms with Gasteiger partial charge in [0.1, 0.15) is 6.23 Å². The first kappa shape index (κ1) is 12.9. The molecule has 1 atom stereocenters. The van der Waals surface area contributed by atoms with Gasteiger partial charge in [-0.05, 0) is 25.7 Å². The highest BCUT2D eigenvalue weighted by atomic mass is 16.3. The zero-order valence-corrected chi connectivity index (χ0v) is 9.83. The van der Waals surface area contributed by atoms with Crippen LogP contribution in [0.25, 0.3) is 0 Å². The fourth-order valence-electron chi connectivity index (χ4n) is 1.95. The fourth-order valence-corrected chi connectivity index (χ4v) is 1.95. The van der Waals surface area contributed by atoms with E-state index in [-0.39, 0.29) is 6.23 Å². The van der Waals surface area contributed by atoms with Crippen LogP contribution in [0, 0.1) is 17.8 Å². The number of aliphatic hydroxyl groups excluding tert-OH is 1. The van der Waals surface area contributed by atoms with E-state index in [2.05, 4.69) is 46.9 Å². The molecular weight excluding hydrogens is 162 g/mol. The van der Waals surface area contributed by atoms with E-state index < -0.39 is 0 Å². The molecule has 0 bridgehead atoms. The molecule has 0 saturated carbocycles. The quantitative estimate of drug-likeness (QED) is 0.647. The Morgan fingerprint density at radius 3 is 1.46 bits per heavy atom. The number of nitrogens with one attached hydrogen (secondary N) is 1. The lowest BCUT2D eigenvalue weighted by Crippen LogP contribution is -2.44. The van der Waals surface area contributed by atoms with Gasteiger partial charge in [-0.25, -0.2) is 0 Å². The number of aliphatic hydroxyl groups is 1. The highest BCUT2D eigenvalue weighted by molar-refractivity contribution is 4.74. The van der Waals surface area contributed by atoms with Crippen LogP contribution in [0.3, 0.4) is 0 Å². The standard InChI is InChI=1S/C11H25NO/c1-7(2)10(8(3)4)11(13)12-9(5)6/h7-13H,1-6H3. The van der Waals surface area contributed by atoms with Gasteiger partial charge in [0.15, 0.2) is 0 Å². The molecule has 0 aromatic carbocycles. The Morgan fingerprint density at radius 2 is 1.23 bits per heavy atom. The molecule has 0 aliphatic rings. The summed E-state index contributed by atoms with van der Waals surface area (Å²) in [6.45, 7) is 12.8. The largest absolute Gasteiger partial charge is 0.378 e. The van der Waals surface area contributed by atoms with Crippen molar-refractivity contribution in [3.63, 3.8) is 0 Å². The van der Waals surface area contributed by atoms with Crippen LogP contribution in [0.2, 0.25) is 0 Å². The summed E-state index contributed by atoms with van der Waals surface area (Å²) in [6.07, 6.45) is -0.375. The second kappa shape index (κ2) is 5.61. The van der Waals surface area contributed by atoms with Crippen LogP contribution < -0.4 is 5.32 Å². The fraction of sp³-hybridized carbons (Fsp3) is 1.00. The summed E-state index contributed by atoms with van der Waals surface area (Å²) >= 11 is 0. The van der Waals surface area contributed by atoms with Crippen LogP contribution in [-0.4, -0.2) is 17.4 Å². The Labute approximate surface area is 82.7 Å². The van der Waals surface area contributed by atoms with Gasteiger partial charge in [-0.2, -0.15) is 0 Å². The van der Waals surface area contributed by atoms with Crippen molar-refractivity contribution in [3.05, 3.63) is 0 Å². The molecule has 2 N–H and O–H groups in total. The van der Waals surface area contributed by atoms with Crippen LogP contribution >= 0.6 is 0 Å². The second-order valence-corrected chi connectivity index (χ2v) is 4.83. The maximum absolute atomic E-state index is 9.91. The molecule has 0 heterocycles. The van der Waals surface area contributed by atoms with Gasteiger partial charge in [0.25, 0.3) is 0 Å². The SMILES string of the molecule is CC(C)NC(O)C(C(C)C)C(C)C. The van der Waals surface area contributed by atoms with Gasteiger partial charge in [0.05, 0.1) is 0 Å². The predicted molar refractivity (Wildman–Crippen MR) is 57.4 cm³/mol. The highest BCUT2D eigenvalue weighted by Crippen LogP contribution is 2.23.